The fraction of sp³-hybridized carbons (Fsp3) is 0.429. The molecule has 0 aromatic heterocycles. The molecule has 1 unspecified atom stereocenters. The van der Waals surface area contributed by atoms with Crippen LogP contribution in [0.15, 0.2) is 54.6 Å². The third-order valence-corrected chi connectivity index (χ3v) is 4.21. The Morgan fingerprint density at radius 3 is 2.14 bits per heavy atom. The van der Waals surface area contributed by atoms with Gasteiger partial charge in [0.25, 0.3) is 0 Å². The number of rotatable bonds is 6. The molecule has 2 aromatic carbocycles. The molecular weight excluding hydrogens is 266 g/mol. The summed E-state index contributed by atoms with van der Waals surface area (Å²) in [5, 5.41) is 3.63. The quantitative estimate of drug-likeness (QED) is 0.716. The maximum absolute atomic E-state index is 3.63. The maximum atomic E-state index is 3.63. The molecule has 0 aliphatic rings. The van der Waals surface area contributed by atoms with Gasteiger partial charge in [0.1, 0.15) is 0 Å². The summed E-state index contributed by atoms with van der Waals surface area (Å²) in [4.78, 5) is 0. The van der Waals surface area contributed by atoms with Crippen LogP contribution in [0.25, 0.3) is 0 Å². The Bertz CT molecular complexity index is 549. The van der Waals surface area contributed by atoms with Crippen LogP contribution in [0.4, 0.5) is 0 Å². The van der Waals surface area contributed by atoms with Crippen molar-refractivity contribution in [1.82, 2.24) is 5.32 Å². The molecule has 0 amide bonds. The average Bonchev–Trinajstić information content (AvgIpc) is 2.52. The molecule has 118 valence electrons. The topological polar surface area (TPSA) is 12.0 Å². The first-order valence-corrected chi connectivity index (χ1v) is 8.34. The summed E-state index contributed by atoms with van der Waals surface area (Å²) in [5.41, 5.74) is 4.41. The summed E-state index contributed by atoms with van der Waals surface area (Å²) in [7, 11) is 0. The van der Waals surface area contributed by atoms with E-state index in [0.717, 1.165) is 13.0 Å². The van der Waals surface area contributed by atoms with Crippen molar-refractivity contribution in [3.05, 3.63) is 71.3 Å². The van der Waals surface area contributed by atoms with E-state index < -0.39 is 0 Å². The molecule has 2 rings (SSSR count). The van der Waals surface area contributed by atoms with Crippen LogP contribution in [-0.2, 0) is 11.8 Å². The van der Waals surface area contributed by atoms with Crippen LogP contribution in [0.1, 0.15) is 56.8 Å². The van der Waals surface area contributed by atoms with Gasteiger partial charge in [0.2, 0.25) is 0 Å². The highest BCUT2D eigenvalue weighted by Crippen LogP contribution is 2.23. The van der Waals surface area contributed by atoms with Crippen LogP contribution < -0.4 is 5.32 Å². The van der Waals surface area contributed by atoms with Gasteiger partial charge in [-0.3, -0.25) is 0 Å². The average molecular weight is 295 g/mol. The Kier molecular flexibility index (Phi) is 5.79. The van der Waals surface area contributed by atoms with E-state index in [1.807, 2.05) is 0 Å². The molecule has 0 saturated carbocycles. The molecule has 0 spiro atoms. The Hall–Kier alpha value is -1.60. The zero-order valence-corrected chi connectivity index (χ0v) is 14.4. The van der Waals surface area contributed by atoms with Crippen molar-refractivity contribution in [3.8, 4) is 0 Å². The lowest BCUT2D eigenvalue weighted by Gasteiger charge is -2.20. The molecule has 0 fully saturated rings. The van der Waals surface area contributed by atoms with E-state index in [0.29, 0.717) is 6.04 Å². The molecule has 22 heavy (non-hydrogen) atoms. The van der Waals surface area contributed by atoms with E-state index in [9.17, 15) is 0 Å². The highest BCUT2D eigenvalue weighted by Gasteiger charge is 2.13. The summed E-state index contributed by atoms with van der Waals surface area (Å²) in [6, 6.07) is 20.2. The summed E-state index contributed by atoms with van der Waals surface area (Å²) in [6.07, 6.45) is 2.32. The van der Waals surface area contributed by atoms with Crippen molar-refractivity contribution < 1.29 is 0 Å². The number of hydrogen-bond donors (Lipinski definition) is 1. The smallest absolute Gasteiger partial charge is 0.0291 e. The van der Waals surface area contributed by atoms with Crippen LogP contribution in [-0.4, -0.2) is 6.54 Å². The SMILES string of the molecule is CC(NCCCc1ccccc1)c1ccc(C(C)(C)C)cc1. The molecule has 1 nitrogen and oxygen atoms in total. The van der Waals surface area contributed by atoms with Crippen molar-refractivity contribution in [3.63, 3.8) is 0 Å². The first-order chi connectivity index (χ1) is 10.5. The molecule has 0 heterocycles. The Balaban J connectivity index is 1.78. The van der Waals surface area contributed by atoms with Crippen molar-refractivity contribution in [2.45, 2.75) is 52.0 Å². The first kappa shape index (κ1) is 16.8. The molecule has 1 atom stereocenters. The van der Waals surface area contributed by atoms with Gasteiger partial charge < -0.3 is 5.32 Å². The summed E-state index contributed by atoms with van der Waals surface area (Å²) >= 11 is 0. The van der Waals surface area contributed by atoms with Crippen molar-refractivity contribution in [2.75, 3.05) is 6.54 Å². The summed E-state index contributed by atoms with van der Waals surface area (Å²) in [6.45, 7) is 10.1. The second kappa shape index (κ2) is 7.60. The zero-order chi connectivity index (χ0) is 16.0. The van der Waals surface area contributed by atoms with E-state index in [-0.39, 0.29) is 5.41 Å². The fourth-order valence-electron chi connectivity index (χ4n) is 2.65. The maximum Gasteiger partial charge on any atom is 0.0291 e. The number of nitrogens with one attached hydrogen (secondary N) is 1. The standard InChI is InChI=1S/C21H29N/c1-17(19-12-14-20(15-13-19)21(2,3)4)22-16-8-11-18-9-6-5-7-10-18/h5-7,9-10,12-15,17,22H,8,11,16H2,1-4H3. The largest absolute Gasteiger partial charge is 0.310 e. The highest BCUT2D eigenvalue weighted by atomic mass is 14.9. The van der Waals surface area contributed by atoms with E-state index >= 15 is 0 Å². The molecule has 0 radical (unpaired) electrons. The van der Waals surface area contributed by atoms with E-state index in [4.69, 9.17) is 0 Å². The van der Waals surface area contributed by atoms with Crippen LogP contribution in [0.5, 0.6) is 0 Å². The summed E-state index contributed by atoms with van der Waals surface area (Å²) in [5.74, 6) is 0. The molecule has 0 bridgehead atoms. The van der Waals surface area contributed by atoms with Gasteiger partial charge in [-0.25, -0.2) is 0 Å². The van der Waals surface area contributed by atoms with Crippen LogP contribution >= 0.6 is 0 Å². The third kappa shape index (κ3) is 4.99. The fourth-order valence-corrected chi connectivity index (χ4v) is 2.65. The van der Waals surface area contributed by atoms with Gasteiger partial charge in [0.05, 0.1) is 0 Å². The minimum Gasteiger partial charge on any atom is -0.310 e. The molecular formula is C21H29N. The molecule has 0 aliphatic heterocycles. The van der Waals surface area contributed by atoms with Gasteiger partial charge in [-0.05, 0) is 48.4 Å². The van der Waals surface area contributed by atoms with Gasteiger partial charge in [0.15, 0.2) is 0 Å². The summed E-state index contributed by atoms with van der Waals surface area (Å²) < 4.78 is 0. The first-order valence-electron chi connectivity index (χ1n) is 8.34. The van der Waals surface area contributed by atoms with Crippen molar-refractivity contribution in [1.29, 1.82) is 0 Å². The van der Waals surface area contributed by atoms with Crippen LogP contribution in [0.3, 0.4) is 0 Å². The van der Waals surface area contributed by atoms with E-state index in [1.54, 1.807) is 0 Å². The third-order valence-electron chi connectivity index (χ3n) is 4.21. The number of hydrogen-bond acceptors (Lipinski definition) is 1. The highest BCUT2D eigenvalue weighted by molar-refractivity contribution is 5.29. The Labute approximate surface area is 135 Å². The molecule has 2 aromatic rings. The lowest BCUT2D eigenvalue weighted by Crippen LogP contribution is -2.20. The number of aryl methyl sites for hydroxylation is 1. The molecule has 1 heteroatoms. The second-order valence-electron chi connectivity index (χ2n) is 7.14. The Morgan fingerprint density at radius 1 is 0.909 bits per heavy atom. The van der Waals surface area contributed by atoms with Crippen LogP contribution in [0.2, 0.25) is 0 Å². The molecule has 1 N–H and O–H groups in total. The Morgan fingerprint density at radius 2 is 1.55 bits per heavy atom. The molecule has 0 aliphatic carbocycles. The van der Waals surface area contributed by atoms with Gasteiger partial charge in [-0.2, -0.15) is 0 Å². The van der Waals surface area contributed by atoms with Crippen molar-refractivity contribution in [2.24, 2.45) is 0 Å². The van der Waals surface area contributed by atoms with E-state index in [2.05, 4.69) is 87.6 Å². The van der Waals surface area contributed by atoms with Gasteiger partial charge in [-0.1, -0.05) is 75.4 Å². The van der Waals surface area contributed by atoms with Gasteiger partial charge >= 0.3 is 0 Å². The minimum atomic E-state index is 0.227. The lowest BCUT2D eigenvalue weighted by atomic mass is 9.86. The van der Waals surface area contributed by atoms with Crippen molar-refractivity contribution >= 4 is 0 Å². The monoisotopic (exact) mass is 295 g/mol. The zero-order valence-electron chi connectivity index (χ0n) is 14.4. The number of benzene rings is 2. The predicted molar refractivity (Wildman–Crippen MR) is 96.3 cm³/mol. The minimum absolute atomic E-state index is 0.227. The van der Waals surface area contributed by atoms with Gasteiger partial charge in [0, 0.05) is 6.04 Å². The second-order valence-corrected chi connectivity index (χ2v) is 7.14. The van der Waals surface area contributed by atoms with Crippen LogP contribution in [0, 0.1) is 0 Å². The molecule has 0 saturated heterocycles. The lowest BCUT2D eigenvalue weighted by molar-refractivity contribution is 0.556. The normalized spacial score (nSPS) is 13.1. The van der Waals surface area contributed by atoms with E-state index in [1.165, 1.54) is 23.1 Å². The predicted octanol–water partition coefficient (Wildman–Crippen LogP) is 5.27. The van der Waals surface area contributed by atoms with Gasteiger partial charge in [-0.15, -0.1) is 0 Å².